The molecule has 0 radical (unpaired) electrons. The Balaban J connectivity index is 1.34. The lowest BCUT2D eigenvalue weighted by atomic mass is 10.1. The number of likely N-dealkylation sites (tertiary alicyclic amines) is 1. The van der Waals surface area contributed by atoms with Crippen LogP contribution in [0.25, 0.3) is 27.7 Å². The molecule has 1 fully saturated rings. The summed E-state index contributed by atoms with van der Waals surface area (Å²) in [6.45, 7) is 4.69. The number of likely N-dealkylation sites (N-methyl/N-ethyl adjacent to an activating group) is 1. The number of aromatic amines is 1. The van der Waals surface area contributed by atoms with E-state index in [1.54, 1.807) is 33.9 Å². The first-order valence-corrected chi connectivity index (χ1v) is 11.0. The molecule has 2 amide bonds. The Hall–Kier alpha value is -4.01. The van der Waals surface area contributed by atoms with Crippen LogP contribution in [0.4, 0.5) is 0 Å². The van der Waals surface area contributed by atoms with Gasteiger partial charge in [0.05, 0.1) is 11.7 Å². The summed E-state index contributed by atoms with van der Waals surface area (Å²) in [5, 5.41) is 9.59. The van der Waals surface area contributed by atoms with Crippen molar-refractivity contribution >= 4 is 28.4 Å². The summed E-state index contributed by atoms with van der Waals surface area (Å²) < 4.78 is 1.61. The summed E-state index contributed by atoms with van der Waals surface area (Å²) >= 11 is 0. The first-order chi connectivity index (χ1) is 16.1. The number of H-pyrrole nitrogens is 1. The van der Waals surface area contributed by atoms with Crippen LogP contribution in [0.5, 0.6) is 0 Å². The van der Waals surface area contributed by atoms with Crippen molar-refractivity contribution in [3.05, 3.63) is 61.2 Å². The summed E-state index contributed by atoms with van der Waals surface area (Å²) in [7, 11) is 1.79. The molecule has 4 aromatic rings. The molecule has 1 saturated heterocycles. The van der Waals surface area contributed by atoms with E-state index >= 15 is 0 Å². The number of carbonyl (C=O) groups excluding carboxylic acids is 2. The van der Waals surface area contributed by atoms with Crippen LogP contribution in [0, 0.1) is 0 Å². The molecule has 1 N–H and O–H groups in total. The van der Waals surface area contributed by atoms with Gasteiger partial charge >= 0.3 is 0 Å². The second-order valence-corrected chi connectivity index (χ2v) is 8.28. The molecule has 1 atom stereocenters. The van der Waals surface area contributed by atoms with Crippen LogP contribution in [-0.2, 0) is 16.0 Å². The average Bonchev–Trinajstić information content (AvgIpc) is 3.58. The van der Waals surface area contributed by atoms with Gasteiger partial charge in [-0.25, -0.2) is 4.98 Å². The number of hydrogen-bond acceptors (Lipinski definition) is 5. The summed E-state index contributed by atoms with van der Waals surface area (Å²) in [6.07, 6.45) is 8.75. The predicted molar refractivity (Wildman–Crippen MR) is 124 cm³/mol. The molecule has 0 unspecified atom stereocenters. The maximum absolute atomic E-state index is 13.0. The third-order valence-corrected chi connectivity index (χ3v) is 6.27. The van der Waals surface area contributed by atoms with Gasteiger partial charge in [-0.2, -0.15) is 14.8 Å². The van der Waals surface area contributed by atoms with Crippen LogP contribution in [0.15, 0.2) is 55.5 Å². The number of aromatic nitrogens is 5. The van der Waals surface area contributed by atoms with Crippen LogP contribution in [-0.4, -0.2) is 72.6 Å². The summed E-state index contributed by atoms with van der Waals surface area (Å²) in [5.41, 5.74) is 4.72. The van der Waals surface area contributed by atoms with Crippen LogP contribution < -0.4 is 0 Å². The van der Waals surface area contributed by atoms with Gasteiger partial charge in [0.2, 0.25) is 11.8 Å². The third kappa shape index (κ3) is 3.75. The fourth-order valence-electron chi connectivity index (χ4n) is 4.55. The third-order valence-electron chi connectivity index (χ3n) is 6.27. The fourth-order valence-corrected chi connectivity index (χ4v) is 4.55. The molecule has 4 aromatic heterocycles. The van der Waals surface area contributed by atoms with E-state index in [2.05, 4.69) is 32.8 Å². The van der Waals surface area contributed by atoms with E-state index in [-0.39, 0.29) is 11.8 Å². The van der Waals surface area contributed by atoms with Gasteiger partial charge in [-0.1, -0.05) is 6.58 Å². The van der Waals surface area contributed by atoms with Gasteiger partial charge in [0.1, 0.15) is 11.7 Å². The summed E-state index contributed by atoms with van der Waals surface area (Å²) in [5.74, 6) is -0.215. The van der Waals surface area contributed by atoms with Gasteiger partial charge in [0.25, 0.3) is 0 Å². The number of nitrogens with zero attached hydrogens (tertiary/aromatic N) is 6. The topological polar surface area (TPSA) is 99.5 Å². The molecule has 9 heteroatoms. The second-order valence-electron chi connectivity index (χ2n) is 8.28. The average molecular weight is 444 g/mol. The Morgan fingerprint density at radius 1 is 1.27 bits per heavy atom. The molecular formula is C24H25N7O2. The summed E-state index contributed by atoms with van der Waals surface area (Å²) in [4.78, 5) is 36.2. The number of pyridine rings is 1. The SMILES string of the molecule is C=CC(=O)N1CCC[C@@H]1C(=O)N(C)CCc1cc2c(-c3cnn4ncccc34)ccnc2[nH]1. The van der Waals surface area contributed by atoms with Gasteiger partial charge in [0.15, 0.2) is 0 Å². The second kappa shape index (κ2) is 8.50. The van der Waals surface area contributed by atoms with Gasteiger partial charge in [-0.15, -0.1) is 0 Å². The van der Waals surface area contributed by atoms with Crippen molar-refractivity contribution in [2.24, 2.45) is 0 Å². The first-order valence-electron chi connectivity index (χ1n) is 11.0. The van der Waals surface area contributed by atoms with Crippen molar-refractivity contribution in [3.8, 4) is 11.1 Å². The zero-order valence-corrected chi connectivity index (χ0v) is 18.4. The number of amides is 2. The lowest BCUT2D eigenvalue weighted by Crippen LogP contribution is -2.46. The van der Waals surface area contributed by atoms with E-state index in [4.69, 9.17) is 0 Å². The number of nitrogens with one attached hydrogen (secondary N) is 1. The lowest BCUT2D eigenvalue weighted by Gasteiger charge is -2.27. The quantitative estimate of drug-likeness (QED) is 0.462. The monoisotopic (exact) mass is 443 g/mol. The number of rotatable bonds is 6. The molecule has 0 saturated carbocycles. The maximum atomic E-state index is 13.0. The molecule has 0 bridgehead atoms. The highest BCUT2D eigenvalue weighted by atomic mass is 16.2. The van der Waals surface area contributed by atoms with Crippen molar-refractivity contribution < 1.29 is 9.59 Å². The number of hydrogen-bond donors (Lipinski definition) is 1. The molecule has 0 aliphatic carbocycles. The molecule has 0 spiro atoms. The molecule has 33 heavy (non-hydrogen) atoms. The smallest absolute Gasteiger partial charge is 0.246 e. The van der Waals surface area contributed by atoms with Crippen molar-refractivity contribution in [1.82, 2.24) is 34.6 Å². The maximum Gasteiger partial charge on any atom is 0.246 e. The predicted octanol–water partition coefficient (Wildman–Crippen LogP) is 2.45. The molecule has 1 aliphatic heterocycles. The van der Waals surface area contributed by atoms with Gasteiger partial charge < -0.3 is 14.8 Å². The number of carbonyl (C=O) groups is 2. The van der Waals surface area contributed by atoms with Crippen molar-refractivity contribution in [3.63, 3.8) is 0 Å². The van der Waals surface area contributed by atoms with E-state index in [0.29, 0.717) is 25.9 Å². The zero-order valence-electron chi connectivity index (χ0n) is 18.4. The van der Waals surface area contributed by atoms with E-state index in [0.717, 1.165) is 39.8 Å². The van der Waals surface area contributed by atoms with Crippen molar-refractivity contribution in [2.75, 3.05) is 20.1 Å². The molecule has 1 aliphatic rings. The van der Waals surface area contributed by atoms with E-state index in [1.165, 1.54) is 6.08 Å². The normalized spacial score (nSPS) is 15.9. The highest BCUT2D eigenvalue weighted by Crippen LogP contribution is 2.31. The Bertz CT molecular complexity index is 1360. The number of fused-ring (bicyclic) bond motifs is 2. The highest BCUT2D eigenvalue weighted by Gasteiger charge is 2.34. The molecule has 9 nitrogen and oxygen atoms in total. The molecular weight excluding hydrogens is 418 g/mol. The largest absolute Gasteiger partial charge is 0.344 e. The molecule has 5 heterocycles. The summed E-state index contributed by atoms with van der Waals surface area (Å²) in [6, 6.07) is 7.53. The fraction of sp³-hybridized carbons (Fsp3) is 0.292. The van der Waals surface area contributed by atoms with E-state index < -0.39 is 6.04 Å². The Labute approximate surface area is 190 Å². The van der Waals surface area contributed by atoms with Gasteiger partial charge in [-0.3, -0.25) is 9.59 Å². The van der Waals surface area contributed by atoms with Crippen LogP contribution >= 0.6 is 0 Å². The minimum atomic E-state index is -0.402. The minimum absolute atomic E-state index is 0.0310. The standard InChI is InChI=1S/C24H25N7O2/c1-3-22(32)30-12-5-7-21(30)24(33)29(2)13-9-16-14-18-17(8-11-25-23(18)28-16)19-15-27-31-20(19)6-4-10-26-31/h3-4,6,8,10-11,14-15,21H,1,5,7,9,12-13H2,2H3,(H,25,28)/t21-/m1/s1. The Morgan fingerprint density at radius 3 is 3.00 bits per heavy atom. The Kier molecular flexibility index (Phi) is 5.37. The minimum Gasteiger partial charge on any atom is -0.344 e. The van der Waals surface area contributed by atoms with Gasteiger partial charge in [0, 0.05) is 55.6 Å². The molecule has 168 valence electrons. The van der Waals surface area contributed by atoms with E-state index in [1.807, 2.05) is 24.4 Å². The van der Waals surface area contributed by atoms with Gasteiger partial charge in [-0.05, 0) is 48.7 Å². The van der Waals surface area contributed by atoms with Crippen LogP contribution in [0.2, 0.25) is 0 Å². The van der Waals surface area contributed by atoms with Crippen molar-refractivity contribution in [2.45, 2.75) is 25.3 Å². The lowest BCUT2D eigenvalue weighted by molar-refractivity contribution is -0.140. The Morgan fingerprint density at radius 2 is 2.15 bits per heavy atom. The van der Waals surface area contributed by atoms with Crippen molar-refractivity contribution in [1.29, 1.82) is 0 Å². The van der Waals surface area contributed by atoms with Crippen LogP contribution in [0.1, 0.15) is 18.5 Å². The highest BCUT2D eigenvalue weighted by molar-refractivity contribution is 5.97. The van der Waals surface area contributed by atoms with E-state index in [9.17, 15) is 9.59 Å². The molecule has 5 rings (SSSR count). The first kappa shape index (κ1) is 20.9. The molecule has 0 aromatic carbocycles. The van der Waals surface area contributed by atoms with Crippen LogP contribution in [0.3, 0.4) is 0 Å². The zero-order chi connectivity index (χ0) is 22.9.